The van der Waals surface area contributed by atoms with Gasteiger partial charge in [-0.05, 0) is 47.5 Å². The zero-order chi connectivity index (χ0) is 21.9. The molecular formula is C30H18BrNS. The van der Waals surface area contributed by atoms with E-state index in [1.54, 1.807) is 0 Å². The number of hydrogen-bond acceptors (Lipinski definition) is 1. The standard InChI is InChI=1S/C30H18BrNS/c31-20-14-16-26-24(18-20)22-10-4-6-12-25(22)32(26)27-17-15-21(19-8-2-1-3-9-19)29-23-11-5-7-13-28(23)33-30(27)29/h1-18H. The van der Waals surface area contributed by atoms with Gasteiger partial charge in [-0.2, -0.15) is 0 Å². The van der Waals surface area contributed by atoms with Crippen LogP contribution in [0.1, 0.15) is 0 Å². The van der Waals surface area contributed by atoms with Gasteiger partial charge in [-0.25, -0.2) is 0 Å². The summed E-state index contributed by atoms with van der Waals surface area (Å²) >= 11 is 5.56. The fourth-order valence-corrected chi connectivity index (χ4v) is 6.65. The van der Waals surface area contributed by atoms with Crippen molar-refractivity contribution in [2.45, 2.75) is 0 Å². The lowest BCUT2D eigenvalue weighted by molar-refractivity contribution is 1.20. The molecule has 5 aromatic carbocycles. The molecule has 1 nitrogen and oxygen atoms in total. The van der Waals surface area contributed by atoms with Gasteiger partial charge in [-0.15, -0.1) is 11.3 Å². The highest BCUT2D eigenvalue weighted by Crippen LogP contribution is 2.45. The van der Waals surface area contributed by atoms with Gasteiger partial charge in [0.15, 0.2) is 0 Å². The highest BCUT2D eigenvalue weighted by Gasteiger charge is 2.19. The molecule has 0 bridgehead atoms. The largest absolute Gasteiger partial charge is 0.308 e. The maximum Gasteiger partial charge on any atom is 0.0641 e. The van der Waals surface area contributed by atoms with Crippen LogP contribution in [0.5, 0.6) is 0 Å². The lowest BCUT2D eigenvalue weighted by Gasteiger charge is -2.12. The van der Waals surface area contributed by atoms with Gasteiger partial charge in [-0.1, -0.05) is 88.7 Å². The zero-order valence-corrected chi connectivity index (χ0v) is 20.0. The van der Waals surface area contributed by atoms with E-state index < -0.39 is 0 Å². The molecule has 156 valence electrons. The van der Waals surface area contributed by atoms with Crippen LogP contribution >= 0.6 is 27.3 Å². The van der Waals surface area contributed by atoms with Crippen molar-refractivity contribution in [2.24, 2.45) is 0 Å². The summed E-state index contributed by atoms with van der Waals surface area (Å²) in [5.41, 5.74) is 6.24. The first-order valence-corrected chi connectivity index (χ1v) is 12.6. The molecule has 0 spiro atoms. The predicted molar refractivity (Wildman–Crippen MR) is 147 cm³/mol. The molecule has 0 saturated heterocycles. The third kappa shape index (κ3) is 2.83. The molecule has 7 aromatic rings. The van der Waals surface area contributed by atoms with E-state index in [1.807, 2.05) is 11.3 Å². The number of fused-ring (bicyclic) bond motifs is 6. The minimum absolute atomic E-state index is 1.10. The molecule has 2 aromatic heterocycles. The van der Waals surface area contributed by atoms with Crippen molar-refractivity contribution in [3.8, 4) is 16.8 Å². The Balaban J connectivity index is 1.66. The van der Waals surface area contributed by atoms with Gasteiger partial charge in [0.05, 0.1) is 21.4 Å². The van der Waals surface area contributed by atoms with E-state index >= 15 is 0 Å². The minimum atomic E-state index is 1.10. The summed E-state index contributed by atoms with van der Waals surface area (Å²) in [5, 5.41) is 5.20. The Morgan fingerprint density at radius 3 is 2.21 bits per heavy atom. The second kappa shape index (κ2) is 7.31. The molecule has 0 amide bonds. The van der Waals surface area contributed by atoms with Gasteiger partial charge in [0.1, 0.15) is 0 Å². The lowest BCUT2D eigenvalue weighted by Crippen LogP contribution is -1.94. The SMILES string of the molecule is Brc1ccc2c(c1)c1ccccc1n2-c1ccc(-c2ccccc2)c2c1sc1ccccc12. The van der Waals surface area contributed by atoms with Crippen LogP contribution < -0.4 is 0 Å². The summed E-state index contributed by atoms with van der Waals surface area (Å²) in [6.07, 6.45) is 0. The highest BCUT2D eigenvalue weighted by molar-refractivity contribution is 9.10. The van der Waals surface area contributed by atoms with Crippen LogP contribution in [-0.2, 0) is 0 Å². The number of para-hydroxylation sites is 1. The van der Waals surface area contributed by atoms with Crippen molar-refractivity contribution in [2.75, 3.05) is 0 Å². The summed E-state index contributed by atoms with van der Waals surface area (Å²) in [7, 11) is 0. The van der Waals surface area contributed by atoms with E-state index in [-0.39, 0.29) is 0 Å². The van der Waals surface area contributed by atoms with Crippen LogP contribution in [0.4, 0.5) is 0 Å². The van der Waals surface area contributed by atoms with E-state index in [2.05, 4.69) is 130 Å². The molecular weight excluding hydrogens is 486 g/mol. The van der Waals surface area contributed by atoms with E-state index in [4.69, 9.17) is 0 Å². The maximum absolute atomic E-state index is 3.67. The highest BCUT2D eigenvalue weighted by atomic mass is 79.9. The second-order valence-corrected chi connectivity index (χ2v) is 10.3. The van der Waals surface area contributed by atoms with Crippen molar-refractivity contribution >= 4 is 69.2 Å². The molecule has 7 rings (SSSR count). The number of halogens is 1. The summed E-state index contributed by atoms with van der Waals surface area (Å²) in [4.78, 5) is 0. The molecule has 0 aliphatic heterocycles. The molecule has 0 saturated carbocycles. The van der Waals surface area contributed by atoms with E-state index in [1.165, 1.54) is 58.8 Å². The average molecular weight is 504 g/mol. The fourth-order valence-electron chi connectivity index (χ4n) is 5.05. The number of hydrogen-bond donors (Lipinski definition) is 0. The minimum Gasteiger partial charge on any atom is -0.308 e. The summed E-state index contributed by atoms with van der Waals surface area (Å²) in [5.74, 6) is 0. The number of nitrogens with zero attached hydrogens (tertiary/aromatic N) is 1. The third-order valence-corrected chi connectivity index (χ3v) is 8.15. The van der Waals surface area contributed by atoms with Crippen molar-refractivity contribution in [1.29, 1.82) is 0 Å². The molecule has 0 aliphatic rings. The Labute approximate surface area is 203 Å². The Morgan fingerprint density at radius 2 is 1.33 bits per heavy atom. The lowest BCUT2D eigenvalue weighted by atomic mass is 9.99. The van der Waals surface area contributed by atoms with Crippen LogP contribution in [0.2, 0.25) is 0 Å². The molecule has 0 radical (unpaired) electrons. The zero-order valence-electron chi connectivity index (χ0n) is 17.6. The van der Waals surface area contributed by atoms with Gasteiger partial charge < -0.3 is 4.57 Å². The average Bonchev–Trinajstić information content (AvgIpc) is 3.40. The van der Waals surface area contributed by atoms with Crippen LogP contribution in [-0.4, -0.2) is 4.57 Å². The number of thiophene rings is 1. The van der Waals surface area contributed by atoms with Crippen LogP contribution in [0.15, 0.2) is 114 Å². The molecule has 0 N–H and O–H groups in total. The normalized spacial score (nSPS) is 11.8. The first kappa shape index (κ1) is 19.1. The van der Waals surface area contributed by atoms with Gasteiger partial charge in [0.25, 0.3) is 0 Å². The maximum atomic E-state index is 3.67. The van der Waals surface area contributed by atoms with Crippen molar-refractivity contribution in [3.63, 3.8) is 0 Å². The number of benzene rings is 5. The molecule has 0 fully saturated rings. The van der Waals surface area contributed by atoms with E-state index in [0.717, 1.165) is 4.47 Å². The first-order valence-electron chi connectivity index (χ1n) is 11.0. The smallest absolute Gasteiger partial charge is 0.0641 e. The first-order chi connectivity index (χ1) is 16.3. The quantitative estimate of drug-likeness (QED) is 0.221. The third-order valence-electron chi connectivity index (χ3n) is 6.47. The summed E-state index contributed by atoms with van der Waals surface area (Å²) in [6, 6.07) is 39.4. The van der Waals surface area contributed by atoms with Crippen LogP contribution in [0, 0.1) is 0 Å². The molecule has 33 heavy (non-hydrogen) atoms. The molecule has 2 heterocycles. The van der Waals surface area contributed by atoms with Crippen molar-refractivity contribution in [3.05, 3.63) is 114 Å². The van der Waals surface area contributed by atoms with E-state index in [0.29, 0.717) is 0 Å². The monoisotopic (exact) mass is 503 g/mol. The second-order valence-electron chi connectivity index (χ2n) is 8.31. The Morgan fingerprint density at radius 1 is 0.606 bits per heavy atom. The van der Waals surface area contributed by atoms with Gasteiger partial charge in [0.2, 0.25) is 0 Å². The van der Waals surface area contributed by atoms with Crippen LogP contribution in [0.25, 0.3) is 58.8 Å². The molecule has 0 atom stereocenters. The molecule has 0 aliphatic carbocycles. The van der Waals surface area contributed by atoms with E-state index in [9.17, 15) is 0 Å². The fraction of sp³-hybridized carbons (Fsp3) is 0. The Kier molecular flexibility index (Phi) is 4.23. The molecule has 3 heteroatoms. The topological polar surface area (TPSA) is 4.93 Å². The van der Waals surface area contributed by atoms with Crippen molar-refractivity contribution < 1.29 is 0 Å². The Bertz CT molecular complexity index is 1830. The van der Waals surface area contributed by atoms with Crippen LogP contribution in [0.3, 0.4) is 0 Å². The predicted octanol–water partition coefficient (Wildman–Crippen LogP) is 9.58. The summed E-state index contributed by atoms with van der Waals surface area (Å²) < 4.78 is 6.18. The van der Waals surface area contributed by atoms with Crippen molar-refractivity contribution in [1.82, 2.24) is 4.57 Å². The summed E-state index contributed by atoms with van der Waals surface area (Å²) in [6.45, 7) is 0. The molecule has 0 unspecified atom stereocenters. The van der Waals surface area contributed by atoms with Gasteiger partial charge in [0, 0.05) is 30.7 Å². The van der Waals surface area contributed by atoms with Gasteiger partial charge >= 0.3 is 0 Å². The Hall–Kier alpha value is -3.40. The number of aromatic nitrogens is 1. The number of rotatable bonds is 2. The van der Waals surface area contributed by atoms with Gasteiger partial charge in [-0.3, -0.25) is 0 Å².